The van der Waals surface area contributed by atoms with Crippen LogP contribution < -0.4 is 9.62 Å². The quantitative estimate of drug-likeness (QED) is 0.339. The molecule has 1 aliphatic rings. The third-order valence-electron chi connectivity index (χ3n) is 6.80. The zero-order valence-electron chi connectivity index (χ0n) is 21.8. The molecular formula is C27H34BrCl2N3O4S. The number of aryl methyl sites for hydroxylation is 1. The van der Waals surface area contributed by atoms with Crippen LogP contribution in [-0.2, 0) is 26.2 Å². The zero-order valence-corrected chi connectivity index (χ0v) is 25.8. The molecule has 1 N–H and O–H groups in total. The standard InChI is InChI=1S/C27H34BrCl2N3O4S/c1-4-25(27(35)31-21-8-6-5-7-9-21)32(16-19-10-11-20(29)15-24(19)30)26(34)17-33(38(3,36)37)22-12-13-23(28)18(2)14-22/h10-15,21,25H,4-9,16-17H2,1-3H3,(H,31,35)/t25-/m1/s1. The molecule has 2 amide bonds. The highest BCUT2D eigenvalue weighted by atomic mass is 79.9. The van der Waals surface area contributed by atoms with Crippen molar-refractivity contribution in [3.63, 3.8) is 0 Å². The van der Waals surface area contributed by atoms with Crippen molar-refractivity contribution in [2.75, 3.05) is 17.1 Å². The summed E-state index contributed by atoms with van der Waals surface area (Å²) in [6, 6.07) is 9.31. The van der Waals surface area contributed by atoms with Gasteiger partial charge in [0, 0.05) is 27.1 Å². The number of sulfonamides is 1. The number of anilines is 1. The van der Waals surface area contributed by atoms with Crippen molar-refractivity contribution in [3.8, 4) is 0 Å². The van der Waals surface area contributed by atoms with Crippen molar-refractivity contribution in [3.05, 3.63) is 62.0 Å². The Labute approximate surface area is 244 Å². The maximum atomic E-state index is 13.9. The molecule has 0 aliphatic heterocycles. The summed E-state index contributed by atoms with van der Waals surface area (Å²) in [6.07, 6.45) is 6.49. The van der Waals surface area contributed by atoms with E-state index >= 15 is 0 Å². The Hall–Kier alpha value is -1.81. The number of hydrogen-bond donors (Lipinski definition) is 1. The monoisotopic (exact) mass is 645 g/mol. The van der Waals surface area contributed by atoms with E-state index in [1.807, 2.05) is 13.8 Å². The number of hydrogen-bond acceptors (Lipinski definition) is 4. The van der Waals surface area contributed by atoms with Crippen molar-refractivity contribution in [1.29, 1.82) is 0 Å². The van der Waals surface area contributed by atoms with E-state index in [4.69, 9.17) is 23.2 Å². The Bertz CT molecular complexity index is 1270. The van der Waals surface area contributed by atoms with Crippen LogP contribution in [0.3, 0.4) is 0 Å². The molecule has 1 atom stereocenters. The number of halogens is 3. The van der Waals surface area contributed by atoms with Crippen LogP contribution in [0.1, 0.15) is 56.6 Å². The molecule has 0 radical (unpaired) electrons. The van der Waals surface area contributed by atoms with E-state index in [-0.39, 0.29) is 18.5 Å². The van der Waals surface area contributed by atoms with Gasteiger partial charge in [-0.05, 0) is 67.6 Å². The molecule has 1 aliphatic carbocycles. The van der Waals surface area contributed by atoms with Crippen LogP contribution in [0.2, 0.25) is 10.0 Å². The Morgan fingerprint density at radius 3 is 2.37 bits per heavy atom. The Balaban J connectivity index is 1.95. The molecular weight excluding hydrogens is 613 g/mol. The average Bonchev–Trinajstić information content (AvgIpc) is 2.85. The first kappa shape index (κ1) is 30.7. The second-order valence-corrected chi connectivity index (χ2v) is 13.3. The highest BCUT2D eigenvalue weighted by Crippen LogP contribution is 2.27. The third-order valence-corrected chi connectivity index (χ3v) is 9.42. The van der Waals surface area contributed by atoms with Crippen LogP contribution >= 0.6 is 39.1 Å². The summed E-state index contributed by atoms with van der Waals surface area (Å²) >= 11 is 15.9. The van der Waals surface area contributed by atoms with E-state index in [9.17, 15) is 18.0 Å². The number of nitrogens with one attached hydrogen (secondary N) is 1. The molecule has 1 fully saturated rings. The highest BCUT2D eigenvalue weighted by Gasteiger charge is 2.33. The first-order valence-corrected chi connectivity index (χ1v) is 16.1. The lowest BCUT2D eigenvalue weighted by atomic mass is 9.95. The van der Waals surface area contributed by atoms with Gasteiger partial charge in [0.25, 0.3) is 0 Å². The fourth-order valence-electron chi connectivity index (χ4n) is 4.69. The van der Waals surface area contributed by atoms with E-state index < -0.39 is 28.5 Å². The Kier molecular flexibility index (Phi) is 10.9. The molecule has 38 heavy (non-hydrogen) atoms. The molecule has 0 bridgehead atoms. The predicted molar refractivity (Wildman–Crippen MR) is 157 cm³/mol. The van der Waals surface area contributed by atoms with Gasteiger partial charge < -0.3 is 10.2 Å². The number of nitrogens with zero attached hydrogens (tertiary/aromatic N) is 2. The molecule has 0 spiro atoms. The van der Waals surface area contributed by atoms with Crippen LogP contribution in [0.15, 0.2) is 40.9 Å². The van der Waals surface area contributed by atoms with Gasteiger partial charge >= 0.3 is 0 Å². The minimum Gasteiger partial charge on any atom is -0.352 e. The first-order valence-electron chi connectivity index (χ1n) is 12.7. The number of carbonyl (C=O) groups excluding carboxylic acids is 2. The van der Waals surface area contributed by atoms with E-state index in [1.165, 1.54) is 4.90 Å². The Morgan fingerprint density at radius 2 is 1.79 bits per heavy atom. The lowest BCUT2D eigenvalue weighted by molar-refractivity contribution is -0.140. The second kappa shape index (κ2) is 13.5. The molecule has 0 aromatic heterocycles. The van der Waals surface area contributed by atoms with Crippen molar-refractivity contribution < 1.29 is 18.0 Å². The summed E-state index contributed by atoms with van der Waals surface area (Å²) < 4.78 is 27.5. The van der Waals surface area contributed by atoms with Crippen molar-refractivity contribution in [2.24, 2.45) is 0 Å². The first-order chi connectivity index (χ1) is 17.9. The van der Waals surface area contributed by atoms with Gasteiger partial charge in [0.05, 0.1) is 11.9 Å². The maximum Gasteiger partial charge on any atom is 0.244 e. The molecule has 2 aromatic carbocycles. The average molecular weight is 647 g/mol. The lowest BCUT2D eigenvalue weighted by Gasteiger charge is -2.34. The van der Waals surface area contributed by atoms with Gasteiger partial charge in [-0.1, -0.05) is 71.4 Å². The summed E-state index contributed by atoms with van der Waals surface area (Å²) in [5.41, 5.74) is 1.80. The predicted octanol–water partition coefficient (Wildman–Crippen LogP) is 6.09. The van der Waals surface area contributed by atoms with Gasteiger partial charge in [0.15, 0.2) is 0 Å². The summed E-state index contributed by atoms with van der Waals surface area (Å²) in [5, 5.41) is 3.93. The number of rotatable bonds is 10. The largest absolute Gasteiger partial charge is 0.352 e. The van der Waals surface area contributed by atoms with Crippen LogP contribution in [0.4, 0.5) is 5.69 Å². The van der Waals surface area contributed by atoms with Crippen molar-refractivity contribution in [1.82, 2.24) is 10.2 Å². The number of benzene rings is 2. The lowest BCUT2D eigenvalue weighted by Crippen LogP contribution is -2.54. The van der Waals surface area contributed by atoms with E-state index in [2.05, 4.69) is 21.2 Å². The van der Waals surface area contributed by atoms with Crippen LogP contribution in [-0.4, -0.2) is 50.0 Å². The molecule has 0 unspecified atom stereocenters. The molecule has 0 saturated heterocycles. The second-order valence-electron chi connectivity index (χ2n) is 9.73. The van der Waals surface area contributed by atoms with Crippen LogP contribution in [0, 0.1) is 6.92 Å². The fourth-order valence-corrected chi connectivity index (χ4v) is 6.25. The topological polar surface area (TPSA) is 86.8 Å². The van der Waals surface area contributed by atoms with E-state index in [1.54, 1.807) is 36.4 Å². The zero-order chi connectivity index (χ0) is 28.0. The van der Waals surface area contributed by atoms with Gasteiger partial charge in [-0.2, -0.15) is 0 Å². The van der Waals surface area contributed by atoms with E-state index in [0.29, 0.717) is 27.7 Å². The molecule has 11 heteroatoms. The smallest absolute Gasteiger partial charge is 0.244 e. The van der Waals surface area contributed by atoms with Gasteiger partial charge in [-0.25, -0.2) is 8.42 Å². The summed E-state index contributed by atoms with van der Waals surface area (Å²) in [4.78, 5) is 28.8. The normalized spacial score (nSPS) is 15.1. The van der Waals surface area contributed by atoms with Crippen LogP contribution in [0.5, 0.6) is 0 Å². The molecule has 208 valence electrons. The Morgan fingerprint density at radius 1 is 1.11 bits per heavy atom. The molecule has 1 saturated carbocycles. The van der Waals surface area contributed by atoms with Gasteiger partial charge in [0.1, 0.15) is 12.6 Å². The molecule has 0 heterocycles. The summed E-state index contributed by atoms with van der Waals surface area (Å²) in [6.45, 7) is 3.25. The van der Waals surface area contributed by atoms with Gasteiger partial charge in [-0.3, -0.25) is 13.9 Å². The third kappa shape index (κ3) is 8.10. The van der Waals surface area contributed by atoms with Crippen molar-refractivity contribution >= 4 is 66.7 Å². The molecule has 3 rings (SSSR count). The van der Waals surface area contributed by atoms with E-state index in [0.717, 1.165) is 52.7 Å². The SMILES string of the molecule is CC[C@H](C(=O)NC1CCCCC1)N(Cc1ccc(Cl)cc1Cl)C(=O)CN(c1ccc(Br)c(C)c1)S(C)(=O)=O. The van der Waals surface area contributed by atoms with Crippen molar-refractivity contribution in [2.45, 2.75) is 71.0 Å². The van der Waals surface area contributed by atoms with Crippen LogP contribution in [0.25, 0.3) is 0 Å². The highest BCUT2D eigenvalue weighted by molar-refractivity contribution is 9.10. The minimum absolute atomic E-state index is 0.0302. The fraction of sp³-hybridized carbons (Fsp3) is 0.481. The number of carbonyl (C=O) groups is 2. The maximum absolute atomic E-state index is 13.9. The molecule has 7 nitrogen and oxygen atoms in total. The van der Waals surface area contributed by atoms with Gasteiger partial charge in [0.2, 0.25) is 21.8 Å². The summed E-state index contributed by atoms with van der Waals surface area (Å²) in [5.74, 6) is -0.754. The molecule has 2 aromatic rings. The van der Waals surface area contributed by atoms with Gasteiger partial charge in [-0.15, -0.1) is 0 Å². The summed E-state index contributed by atoms with van der Waals surface area (Å²) in [7, 11) is -3.81. The minimum atomic E-state index is -3.81. The number of amides is 2.